The van der Waals surface area contributed by atoms with Gasteiger partial charge in [0.1, 0.15) is 11.8 Å². The average Bonchev–Trinajstić information content (AvgIpc) is 2.89. The van der Waals surface area contributed by atoms with E-state index in [9.17, 15) is 0 Å². The van der Waals surface area contributed by atoms with E-state index in [-0.39, 0.29) is 5.69 Å². The standard InChI is InChI=1S/C15H15N3O2/c1-18(2)15-13(10-16)17-14(20-15)8-7-11-5-4-6-12(9-11)19-3/h4-9H,1-3H3/b8-7+. The monoisotopic (exact) mass is 269 g/mol. The van der Waals surface area contributed by atoms with Crippen molar-refractivity contribution in [3.63, 3.8) is 0 Å². The summed E-state index contributed by atoms with van der Waals surface area (Å²) in [7, 11) is 5.23. The molecule has 2 rings (SSSR count). The highest BCUT2D eigenvalue weighted by molar-refractivity contribution is 5.67. The van der Waals surface area contributed by atoms with Gasteiger partial charge in [-0.1, -0.05) is 12.1 Å². The van der Waals surface area contributed by atoms with Crippen LogP contribution in [0.15, 0.2) is 28.7 Å². The van der Waals surface area contributed by atoms with Crippen molar-refractivity contribution >= 4 is 18.0 Å². The van der Waals surface area contributed by atoms with Crippen LogP contribution in [0.1, 0.15) is 17.1 Å². The number of anilines is 1. The van der Waals surface area contributed by atoms with Crippen LogP contribution >= 0.6 is 0 Å². The molecule has 0 amide bonds. The van der Waals surface area contributed by atoms with E-state index in [0.29, 0.717) is 11.8 Å². The molecule has 0 bridgehead atoms. The third-order valence-corrected chi connectivity index (χ3v) is 2.65. The van der Waals surface area contributed by atoms with Gasteiger partial charge < -0.3 is 14.1 Å². The van der Waals surface area contributed by atoms with Gasteiger partial charge in [-0.25, -0.2) is 0 Å². The second-order valence-electron chi connectivity index (χ2n) is 4.32. The molecule has 0 atom stereocenters. The number of aromatic nitrogens is 1. The zero-order valence-electron chi connectivity index (χ0n) is 11.6. The number of benzene rings is 1. The van der Waals surface area contributed by atoms with Gasteiger partial charge in [0.15, 0.2) is 0 Å². The Bertz CT molecular complexity index is 666. The summed E-state index contributed by atoms with van der Waals surface area (Å²) >= 11 is 0. The van der Waals surface area contributed by atoms with Gasteiger partial charge in [0.05, 0.1) is 7.11 Å². The van der Waals surface area contributed by atoms with Crippen molar-refractivity contribution in [3.05, 3.63) is 41.4 Å². The zero-order chi connectivity index (χ0) is 14.5. The summed E-state index contributed by atoms with van der Waals surface area (Å²) in [5.41, 5.74) is 1.24. The van der Waals surface area contributed by atoms with Crippen molar-refractivity contribution < 1.29 is 9.15 Å². The second kappa shape index (κ2) is 5.93. The molecule has 0 fully saturated rings. The minimum Gasteiger partial charge on any atom is -0.497 e. The van der Waals surface area contributed by atoms with E-state index in [1.54, 1.807) is 32.2 Å². The predicted molar refractivity (Wildman–Crippen MR) is 77.5 cm³/mol. The number of oxazole rings is 1. The normalized spacial score (nSPS) is 10.5. The Kier molecular flexibility index (Phi) is 4.06. The van der Waals surface area contributed by atoms with Gasteiger partial charge in [-0.15, -0.1) is 0 Å². The van der Waals surface area contributed by atoms with Crippen LogP contribution < -0.4 is 9.64 Å². The molecule has 1 aromatic heterocycles. The molecule has 2 aromatic rings. The molecule has 5 heteroatoms. The van der Waals surface area contributed by atoms with Crippen molar-refractivity contribution in [2.24, 2.45) is 0 Å². The molecule has 0 spiro atoms. The molecule has 0 saturated heterocycles. The number of hydrogen-bond acceptors (Lipinski definition) is 5. The van der Waals surface area contributed by atoms with E-state index in [2.05, 4.69) is 4.98 Å². The highest BCUT2D eigenvalue weighted by atomic mass is 16.5. The van der Waals surface area contributed by atoms with Crippen molar-refractivity contribution in [2.75, 3.05) is 26.1 Å². The van der Waals surface area contributed by atoms with Crippen LogP contribution in [0, 0.1) is 11.3 Å². The molecule has 102 valence electrons. The van der Waals surface area contributed by atoms with Crippen molar-refractivity contribution in [3.8, 4) is 11.8 Å². The third-order valence-electron chi connectivity index (χ3n) is 2.65. The highest BCUT2D eigenvalue weighted by Crippen LogP contribution is 2.21. The minimum atomic E-state index is 0.278. The summed E-state index contributed by atoms with van der Waals surface area (Å²) in [5, 5.41) is 8.99. The fraction of sp³-hybridized carbons (Fsp3) is 0.200. The van der Waals surface area contributed by atoms with Gasteiger partial charge in [-0.2, -0.15) is 10.2 Å². The Morgan fingerprint density at radius 3 is 2.75 bits per heavy atom. The smallest absolute Gasteiger partial charge is 0.234 e. The molecule has 0 radical (unpaired) electrons. The molecule has 0 N–H and O–H groups in total. The average molecular weight is 269 g/mol. The van der Waals surface area contributed by atoms with Crippen LogP contribution in [0.3, 0.4) is 0 Å². The minimum absolute atomic E-state index is 0.278. The van der Waals surface area contributed by atoms with Crippen LogP contribution in [-0.2, 0) is 0 Å². The first-order valence-corrected chi connectivity index (χ1v) is 6.04. The maximum Gasteiger partial charge on any atom is 0.234 e. The summed E-state index contributed by atoms with van der Waals surface area (Å²) in [5.74, 6) is 1.64. The van der Waals surface area contributed by atoms with E-state index in [1.165, 1.54) is 0 Å². The summed E-state index contributed by atoms with van der Waals surface area (Å²) in [6.07, 6.45) is 3.58. The van der Waals surface area contributed by atoms with E-state index < -0.39 is 0 Å². The maximum atomic E-state index is 8.99. The number of methoxy groups -OCH3 is 1. The summed E-state index contributed by atoms with van der Waals surface area (Å²) in [6, 6.07) is 9.64. The van der Waals surface area contributed by atoms with Gasteiger partial charge in [-0.05, 0) is 23.8 Å². The molecule has 0 aliphatic heterocycles. The van der Waals surface area contributed by atoms with Gasteiger partial charge in [0.2, 0.25) is 17.5 Å². The molecular formula is C15H15N3O2. The van der Waals surface area contributed by atoms with Crippen LogP contribution in [-0.4, -0.2) is 26.2 Å². The van der Waals surface area contributed by atoms with E-state index in [0.717, 1.165) is 11.3 Å². The van der Waals surface area contributed by atoms with Crippen molar-refractivity contribution in [1.29, 1.82) is 5.26 Å². The number of hydrogen-bond donors (Lipinski definition) is 0. The molecule has 20 heavy (non-hydrogen) atoms. The quantitative estimate of drug-likeness (QED) is 0.854. The van der Waals surface area contributed by atoms with E-state index in [4.69, 9.17) is 14.4 Å². The Morgan fingerprint density at radius 1 is 1.35 bits per heavy atom. The lowest BCUT2D eigenvalue weighted by molar-refractivity contribution is 0.414. The molecule has 0 unspecified atom stereocenters. The first-order chi connectivity index (χ1) is 9.63. The highest BCUT2D eigenvalue weighted by Gasteiger charge is 2.12. The fourth-order valence-corrected chi connectivity index (χ4v) is 1.69. The largest absolute Gasteiger partial charge is 0.497 e. The van der Waals surface area contributed by atoms with Crippen LogP contribution in [0.2, 0.25) is 0 Å². The van der Waals surface area contributed by atoms with E-state index in [1.807, 2.05) is 36.4 Å². The van der Waals surface area contributed by atoms with Crippen molar-refractivity contribution in [2.45, 2.75) is 0 Å². The maximum absolute atomic E-state index is 8.99. The Balaban J connectivity index is 2.25. The molecule has 5 nitrogen and oxygen atoms in total. The lowest BCUT2D eigenvalue weighted by Crippen LogP contribution is -2.08. The zero-order valence-corrected chi connectivity index (χ0v) is 11.6. The Morgan fingerprint density at radius 2 is 2.15 bits per heavy atom. The fourth-order valence-electron chi connectivity index (χ4n) is 1.69. The predicted octanol–water partition coefficient (Wildman–Crippen LogP) is 2.79. The molecular weight excluding hydrogens is 254 g/mol. The van der Waals surface area contributed by atoms with Crippen LogP contribution in [0.25, 0.3) is 12.2 Å². The molecule has 0 saturated carbocycles. The molecule has 0 aliphatic rings. The van der Waals surface area contributed by atoms with Gasteiger partial charge >= 0.3 is 0 Å². The van der Waals surface area contributed by atoms with Gasteiger partial charge in [0.25, 0.3) is 0 Å². The van der Waals surface area contributed by atoms with Crippen LogP contribution in [0.4, 0.5) is 5.88 Å². The number of ether oxygens (including phenoxy) is 1. The topological polar surface area (TPSA) is 62.3 Å². The second-order valence-corrected chi connectivity index (χ2v) is 4.32. The first-order valence-electron chi connectivity index (χ1n) is 6.04. The summed E-state index contributed by atoms with van der Waals surface area (Å²) < 4.78 is 10.7. The third kappa shape index (κ3) is 2.98. The lowest BCUT2D eigenvalue weighted by Gasteiger charge is -2.05. The Labute approximate surface area is 117 Å². The SMILES string of the molecule is COc1cccc(/C=C/c2nc(C#N)c(N(C)C)o2)c1. The van der Waals surface area contributed by atoms with Gasteiger partial charge in [-0.3, -0.25) is 0 Å². The van der Waals surface area contributed by atoms with E-state index >= 15 is 0 Å². The molecule has 1 heterocycles. The molecule has 0 aliphatic carbocycles. The number of rotatable bonds is 4. The first kappa shape index (κ1) is 13.7. The molecule has 1 aromatic carbocycles. The Hall–Kier alpha value is -2.74. The summed E-state index contributed by atoms with van der Waals surface area (Å²) in [6.45, 7) is 0. The summed E-state index contributed by atoms with van der Waals surface area (Å²) in [4.78, 5) is 5.84. The number of nitriles is 1. The van der Waals surface area contributed by atoms with Crippen molar-refractivity contribution in [1.82, 2.24) is 4.98 Å². The van der Waals surface area contributed by atoms with Gasteiger partial charge in [0, 0.05) is 20.2 Å². The number of nitrogens with zero attached hydrogens (tertiary/aromatic N) is 3. The van der Waals surface area contributed by atoms with Crippen LogP contribution in [0.5, 0.6) is 5.75 Å². The lowest BCUT2D eigenvalue weighted by atomic mass is 10.2.